The average molecular weight is 827 g/mol. The Hall–Kier alpha value is -4.58. The molecule has 3 heterocycles. The van der Waals surface area contributed by atoms with Gasteiger partial charge in [-0.15, -0.1) is 13.2 Å². The van der Waals surface area contributed by atoms with Crippen LogP contribution in [0.5, 0.6) is 0 Å². The number of fused-ring (bicyclic) bond motifs is 1. The van der Waals surface area contributed by atoms with Crippen molar-refractivity contribution < 1.29 is 33.8 Å². The number of carbonyl (C=O) groups excluding carboxylic acids is 4. The number of aliphatic hydroxyl groups is 1. The molecule has 2 bridgehead atoms. The second kappa shape index (κ2) is 17.3. The Morgan fingerprint density at radius 1 is 1.05 bits per heavy atom. The quantitative estimate of drug-likeness (QED) is 0.103. The summed E-state index contributed by atoms with van der Waals surface area (Å²) in [7, 11) is 1.69. The predicted molar refractivity (Wildman–Crippen MR) is 219 cm³/mol. The van der Waals surface area contributed by atoms with Gasteiger partial charge in [-0.2, -0.15) is 0 Å². The summed E-state index contributed by atoms with van der Waals surface area (Å²) in [6.45, 7) is 13.1. The Labute approximate surface area is 338 Å². The lowest BCUT2D eigenvalue weighted by molar-refractivity contribution is -0.165. The lowest BCUT2D eigenvalue weighted by Crippen LogP contribution is -2.59. The molecule has 0 radical (unpaired) electrons. The highest BCUT2D eigenvalue weighted by molar-refractivity contribution is 9.09. The van der Waals surface area contributed by atoms with E-state index in [1.807, 2.05) is 99.6 Å². The Morgan fingerprint density at radius 3 is 2.38 bits per heavy atom. The third-order valence-electron chi connectivity index (χ3n) is 11.8. The maximum Gasteiger partial charge on any atom is 0.313 e. The Bertz CT molecular complexity index is 1940. The van der Waals surface area contributed by atoms with Gasteiger partial charge < -0.3 is 29.3 Å². The molecule has 3 aliphatic heterocycles. The van der Waals surface area contributed by atoms with Gasteiger partial charge in [-0.25, -0.2) is 0 Å². The van der Waals surface area contributed by atoms with Crippen LogP contribution < -0.4 is 4.90 Å². The van der Waals surface area contributed by atoms with Crippen molar-refractivity contribution in [3.05, 3.63) is 126 Å². The Balaban J connectivity index is 1.42. The normalized spacial score (nSPS) is 25.2. The predicted octanol–water partition coefficient (Wildman–Crippen LogP) is 6.27. The first-order valence-electron chi connectivity index (χ1n) is 19.3. The van der Waals surface area contributed by atoms with Crippen LogP contribution in [-0.2, 0) is 35.1 Å². The fraction of sp³-hybridized carbons (Fsp3) is 0.422. The van der Waals surface area contributed by atoms with Crippen LogP contribution >= 0.6 is 15.9 Å². The van der Waals surface area contributed by atoms with E-state index >= 15 is 9.59 Å². The zero-order valence-electron chi connectivity index (χ0n) is 32.6. The summed E-state index contributed by atoms with van der Waals surface area (Å²) in [4.78, 5) is 62.8. The summed E-state index contributed by atoms with van der Waals surface area (Å²) < 4.78 is 13.3. The molecule has 3 fully saturated rings. The molecule has 0 saturated carbocycles. The number of carbonyl (C=O) groups is 4. The maximum atomic E-state index is 15.4. The van der Waals surface area contributed by atoms with Gasteiger partial charge in [0.05, 0.1) is 36.6 Å². The minimum atomic E-state index is -1.41. The largest absolute Gasteiger partial charge is 0.455 e. The number of alkyl halides is 1. The number of hydrogen-bond donors (Lipinski definition) is 1. The zero-order chi connectivity index (χ0) is 40.3. The van der Waals surface area contributed by atoms with Crippen LogP contribution in [0, 0.1) is 25.7 Å². The minimum Gasteiger partial charge on any atom is -0.455 e. The lowest BCUT2D eigenvalue weighted by Gasteiger charge is -2.39. The summed E-state index contributed by atoms with van der Waals surface area (Å²) in [6, 6.07) is 22.0. The molecule has 6 rings (SSSR count). The van der Waals surface area contributed by atoms with Crippen LogP contribution in [0.3, 0.4) is 0 Å². The molecular formula is C45H52BrN3O7. The summed E-state index contributed by atoms with van der Waals surface area (Å²) >= 11 is 3.79. The number of amides is 3. The molecule has 1 N–H and O–H groups in total. The van der Waals surface area contributed by atoms with Crippen molar-refractivity contribution in [3.63, 3.8) is 0 Å². The molecule has 3 aliphatic rings. The number of rotatable bonds is 16. The van der Waals surface area contributed by atoms with Crippen molar-refractivity contribution in [2.24, 2.45) is 11.8 Å². The molecule has 3 aromatic carbocycles. The highest BCUT2D eigenvalue weighted by Crippen LogP contribution is 2.61. The van der Waals surface area contributed by atoms with Crippen LogP contribution in [0.25, 0.3) is 0 Å². The molecule has 11 heteroatoms. The van der Waals surface area contributed by atoms with Crippen molar-refractivity contribution >= 4 is 45.3 Å². The monoisotopic (exact) mass is 825 g/mol. The molecule has 3 aromatic rings. The Morgan fingerprint density at radius 2 is 1.73 bits per heavy atom. The van der Waals surface area contributed by atoms with Gasteiger partial charge in [0.2, 0.25) is 11.8 Å². The van der Waals surface area contributed by atoms with Crippen LogP contribution in [0.15, 0.2) is 104 Å². The van der Waals surface area contributed by atoms with E-state index in [1.54, 1.807) is 29.0 Å². The van der Waals surface area contributed by atoms with Gasteiger partial charge >= 0.3 is 5.97 Å². The second-order valence-electron chi connectivity index (χ2n) is 15.3. The topological polar surface area (TPSA) is 117 Å². The standard InChI is InChI=1S/C45H52BrN3O7/c1-7-9-20-36(51)47(6)30(5)39(32-18-14-11-15-19-32)55-44(54)37-38-42(52)49(33(27-50)25-31-16-12-10-13-17-31)41(45(38)26-34(46)40(37)56-45)43(53)48(23-8-2)35-24-28(3)21-22-29(35)4/h7-8,10-19,21-22,24,30,33-34,37-41,50H,1-2,9,20,23,25-27H2,3-6H3/t30-,33+,34?,37+,38-,39+,40+,41+,45-/m0/s1. The first-order chi connectivity index (χ1) is 26.9. The van der Waals surface area contributed by atoms with Crippen molar-refractivity contribution in [3.8, 4) is 0 Å². The molecule has 3 amide bonds. The van der Waals surface area contributed by atoms with E-state index in [9.17, 15) is 14.7 Å². The molecule has 0 aliphatic carbocycles. The maximum absolute atomic E-state index is 15.4. The number of aliphatic hydroxyl groups excluding tert-OH is 1. The van der Waals surface area contributed by atoms with Crippen molar-refractivity contribution in [1.29, 1.82) is 0 Å². The fourth-order valence-electron chi connectivity index (χ4n) is 8.86. The molecule has 56 heavy (non-hydrogen) atoms. The van der Waals surface area contributed by atoms with Crippen molar-refractivity contribution in [2.75, 3.05) is 25.1 Å². The third kappa shape index (κ3) is 7.61. The van der Waals surface area contributed by atoms with Crippen LogP contribution in [0.1, 0.15) is 54.5 Å². The van der Waals surface area contributed by atoms with Gasteiger partial charge in [0.15, 0.2) is 0 Å². The number of halogens is 1. The fourth-order valence-corrected chi connectivity index (χ4v) is 9.81. The minimum absolute atomic E-state index is 0.124. The Kier molecular flexibility index (Phi) is 12.7. The number of nitrogens with zero attached hydrogens (tertiary/aromatic N) is 3. The highest BCUT2D eigenvalue weighted by Gasteiger charge is 2.77. The molecular weight excluding hydrogens is 774 g/mol. The lowest BCUT2D eigenvalue weighted by atomic mass is 9.70. The van der Waals surface area contributed by atoms with Gasteiger partial charge in [0.25, 0.3) is 5.91 Å². The van der Waals surface area contributed by atoms with Crippen molar-refractivity contribution in [2.45, 2.75) is 87.2 Å². The molecule has 10 nitrogen and oxygen atoms in total. The molecule has 296 valence electrons. The van der Waals surface area contributed by atoms with Crippen molar-refractivity contribution in [1.82, 2.24) is 9.80 Å². The number of hydrogen-bond acceptors (Lipinski definition) is 7. The van der Waals surface area contributed by atoms with E-state index < -0.39 is 66.3 Å². The average Bonchev–Trinajstić information content (AvgIpc) is 3.81. The molecule has 1 spiro atoms. The van der Waals surface area contributed by atoms with Gasteiger partial charge in [-0.05, 0) is 68.4 Å². The number of anilines is 1. The first-order valence-corrected chi connectivity index (χ1v) is 20.2. The summed E-state index contributed by atoms with van der Waals surface area (Å²) in [5, 5.41) is 11.0. The third-order valence-corrected chi connectivity index (χ3v) is 12.6. The zero-order valence-corrected chi connectivity index (χ0v) is 34.1. The van der Waals surface area contributed by atoms with Crippen LogP contribution in [0.2, 0.25) is 0 Å². The molecule has 1 unspecified atom stereocenters. The van der Waals surface area contributed by atoms with E-state index in [1.165, 1.54) is 4.90 Å². The smallest absolute Gasteiger partial charge is 0.313 e. The number of likely N-dealkylation sites (tertiary alicyclic amines) is 1. The van der Waals surface area contributed by atoms with E-state index in [0.29, 0.717) is 17.7 Å². The van der Waals surface area contributed by atoms with E-state index in [4.69, 9.17) is 9.47 Å². The van der Waals surface area contributed by atoms with Gasteiger partial charge in [0, 0.05) is 30.5 Å². The van der Waals surface area contributed by atoms with Gasteiger partial charge in [0.1, 0.15) is 17.7 Å². The number of likely N-dealkylation sites (N-methyl/N-ethyl adjacent to an activating group) is 1. The SMILES string of the molecule is C=CCCC(=O)N(C)[C@@H](C)[C@@H](OC(=O)[C@H]1[C@@H]2O[C@@]3(CC2Br)[C@@H]1C(=O)N([C@@H](CO)Cc1ccccc1)[C@@H]3C(=O)N(CC=C)c1cc(C)ccc1C)c1ccccc1. The summed E-state index contributed by atoms with van der Waals surface area (Å²) in [5.41, 5.74) is 2.65. The van der Waals surface area contributed by atoms with E-state index in [2.05, 4.69) is 29.1 Å². The van der Waals surface area contributed by atoms with Gasteiger partial charge in [-0.3, -0.25) is 19.2 Å². The van der Waals surface area contributed by atoms with Crippen LogP contribution in [-0.4, -0.2) is 93.5 Å². The first kappa shape index (κ1) is 41.1. The summed E-state index contributed by atoms with van der Waals surface area (Å²) in [6.07, 6.45) is 3.01. The number of allylic oxidation sites excluding steroid dienone is 1. The number of esters is 1. The van der Waals surface area contributed by atoms with Gasteiger partial charge in [-0.1, -0.05) is 101 Å². The molecule has 3 saturated heterocycles. The highest BCUT2D eigenvalue weighted by atomic mass is 79.9. The number of ether oxygens (including phenoxy) is 2. The molecule has 0 aromatic heterocycles. The second-order valence-corrected chi connectivity index (χ2v) is 16.5. The number of aryl methyl sites for hydroxylation is 2. The summed E-state index contributed by atoms with van der Waals surface area (Å²) in [5.74, 6) is -3.75. The molecule has 9 atom stereocenters. The van der Waals surface area contributed by atoms with E-state index in [0.717, 1.165) is 16.7 Å². The number of benzene rings is 3. The van der Waals surface area contributed by atoms with Crippen LogP contribution in [0.4, 0.5) is 5.69 Å². The van der Waals surface area contributed by atoms with E-state index in [-0.39, 0.29) is 42.4 Å².